The molecule has 1 rings (SSSR count). The van der Waals surface area contributed by atoms with Crippen molar-refractivity contribution in [2.24, 2.45) is 5.41 Å². The van der Waals surface area contributed by atoms with Gasteiger partial charge in [-0.2, -0.15) is 0 Å². The van der Waals surface area contributed by atoms with Crippen LogP contribution in [-0.4, -0.2) is 14.3 Å². The van der Waals surface area contributed by atoms with Gasteiger partial charge in [0, 0.05) is 22.8 Å². The monoisotopic (exact) mass is 323 g/mol. The standard InChI is InChI=1S/C12H15Cl2NO3S/c1-12(2,3)7-11(16)15-8-4-5-10(9(13)6-8)19(14,17)18/h4-6H,7H2,1-3H3,(H,15,16). The van der Waals surface area contributed by atoms with Crippen LogP contribution in [0.25, 0.3) is 0 Å². The van der Waals surface area contributed by atoms with Gasteiger partial charge in [0.05, 0.1) is 5.02 Å². The van der Waals surface area contributed by atoms with E-state index >= 15 is 0 Å². The summed E-state index contributed by atoms with van der Waals surface area (Å²) in [6.45, 7) is 5.84. The Morgan fingerprint density at radius 1 is 1.32 bits per heavy atom. The number of hydrogen-bond donors (Lipinski definition) is 1. The number of anilines is 1. The molecular weight excluding hydrogens is 309 g/mol. The molecule has 0 spiro atoms. The topological polar surface area (TPSA) is 63.2 Å². The lowest BCUT2D eigenvalue weighted by molar-refractivity contribution is -0.117. The van der Waals surface area contributed by atoms with Crippen LogP contribution in [0.1, 0.15) is 27.2 Å². The predicted molar refractivity (Wildman–Crippen MR) is 77.2 cm³/mol. The van der Waals surface area contributed by atoms with E-state index in [9.17, 15) is 13.2 Å². The third-order valence-corrected chi connectivity index (χ3v) is 3.97. The molecule has 1 aromatic carbocycles. The lowest BCUT2D eigenvalue weighted by Gasteiger charge is -2.17. The molecule has 1 aromatic rings. The molecule has 0 aromatic heterocycles. The molecule has 1 amide bonds. The highest BCUT2D eigenvalue weighted by atomic mass is 35.7. The van der Waals surface area contributed by atoms with Gasteiger partial charge in [0.25, 0.3) is 9.05 Å². The SMILES string of the molecule is CC(C)(C)CC(=O)Nc1ccc(S(=O)(=O)Cl)c(Cl)c1. The first-order valence-electron chi connectivity index (χ1n) is 5.53. The van der Waals surface area contributed by atoms with E-state index in [4.69, 9.17) is 22.3 Å². The minimum atomic E-state index is -3.88. The first-order valence-corrected chi connectivity index (χ1v) is 8.22. The molecule has 1 N–H and O–H groups in total. The molecule has 0 bridgehead atoms. The van der Waals surface area contributed by atoms with Crippen molar-refractivity contribution in [1.29, 1.82) is 0 Å². The first kappa shape index (κ1) is 16.3. The van der Waals surface area contributed by atoms with E-state index in [2.05, 4.69) is 5.32 Å². The Labute approximate surface area is 122 Å². The van der Waals surface area contributed by atoms with Gasteiger partial charge in [0.1, 0.15) is 4.90 Å². The molecule has 0 unspecified atom stereocenters. The lowest BCUT2D eigenvalue weighted by atomic mass is 9.92. The molecule has 7 heteroatoms. The van der Waals surface area contributed by atoms with Crippen LogP contribution in [0.2, 0.25) is 5.02 Å². The maximum Gasteiger partial charge on any atom is 0.262 e. The van der Waals surface area contributed by atoms with Crippen molar-refractivity contribution < 1.29 is 13.2 Å². The maximum absolute atomic E-state index is 11.7. The fraction of sp³-hybridized carbons (Fsp3) is 0.417. The summed E-state index contributed by atoms with van der Waals surface area (Å²) in [5.41, 5.74) is 0.302. The summed E-state index contributed by atoms with van der Waals surface area (Å²) in [6.07, 6.45) is 0.347. The summed E-state index contributed by atoms with van der Waals surface area (Å²) in [5, 5.41) is 2.63. The van der Waals surface area contributed by atoms with Crippen LogP contribution < -0.4 is 5.32 Å². The van der Waals surface area contributed by atoms with Crippen LogP contribution in [0, 0.1) is 5.41 Å². The molecule has 19 heavy (non-hydrogen) atoms. The fourth-order valence-corrected chi connectivity index (χ4v) is 2.99. The number of nitrogens with one attached hydrogen (secondary N) is 1. The summed E-state index contributed by atoms with van der Waals surface area (Å²) in [7, 11) is 1.33. The molecule has 0 atom stereocenters. The Hall–Kier alpha value is -0.780. The zero-order valence-corrected chi connectivity index (χ0v) is 13.2. The molecule has 0 aliphatic carbocycles. The van der Waals surface area contributed by atoms with E-state index in [1.54, 1.807) is 0 Å². The van der Waals surface area contributed by atoms with Crippen LogP contribution in [0.5, 0.6) is 0 Å². The number of rotatable bonds is 3. The van der Waals surface area contributed by atoms with Crippen LogP contribution >= 0.6 is 22.3 Å². The maximum atomic E-state index is 11.7. The number of halogens is 2. The van der Waals surface area contributed by atoms with Gasteiger partial charge in [0.15, 0.2) is 0 Å². The highest BCUT2D eigenvalue weighted by molar-refractivity contribution is 8.13. The molecule has 0 fully saturated rings. The molecule has 0 aliphatic heterocycles. The second kappa shape index (κ2) is 5.69. The van der Waals surface area contributed by atoms with Crippen LogP contribution in [0.3, 0.4) is 0 Å². The van der Waals surface area contributed by atoms with Gasteiger partial charge in [-0.25, -0.2) is 8.42 Å². The summed E-state index contributed by atoms with van der Waals surface area (Å²) in [4.78, 5) is 11.5. The van der Waals surface area contributed by atoms with E-state index in [1.807, 2.05) is 20.8 Å². The number of carbonyl (C=O) groups is 1. The molecule has 0 radical (unpaired) electrons. The molecule has 0 aliphatic rings. The van der Waals surface area contributed by atoms with E-state index in [1.165, 1.54) is 18.2 Å². The van der Waals surface area contributed by atoms with Gasteiger partial charge in [-0.1, -0.05) is 32.4 Å². The normalized spacial score (nSPS) is 12.3. The average Bonchev–Trinajstić information content (AvgIpc) is 2.11. The van der Waals surface area contributed by atoms with Crippen molar-refractivity contribution in [2.45, 2.75) is 32.1 Å². The van der Waals surface area contributed by atoms with Gasteiger partial charge in [-0.05, 0) is 23.6 Å². The first-order chi connectivity index (χ1) is 8.49. The van der Waals surface area contributed by atoms with E-state index < -0.39 is 9.05 Å². The van der Waals surface area contributed by atoms with E-state index in [-0.39, 0.29) is 21.2 Å². The average molecular weight is 324 g/mol. The molecule has 0 heterocycles. The highest BCUT2D eigenvalue weighted by Crippen LogP contribution is 2.28. The highest BCUT2D eigenvalue weighted by Gasteiger charge is 2.18. The smallest absolute Gasteiger partial charge is 0.262 e. The summed E-state index contributed by atoms with van der Waals surface area (Å²) < 4.78 is 22.3. The molecular formula is C12H15Cl2NO3S. The van der Waals surface area contributed by atoms with Crippen molar-refractivity contribution in [3.8, 4) is 0 Å². The quantitative estimate of drug-likeness (QED) is 0.863. The van der Waals surface area contributed by atoms with Crippen molar-refractivity contribution in [3.63, 3.8) is 0 Å². The van der Waals surface area contributed by atoms with Crippen molar-refractivity contribution >= 4 is 42.9 Å². The third-order valence-electron chi connectivity index (χ3n) is 2.17. The van der Waals surface area contributed by atoms with Crippen LogP contribution in [-0.2, 0) is 13.8 Å². The Morgan fingerprint density at radius 3 is 2.32 bits per heavy atom. The van der Waals surface area contributed by atoms with Crippen molar-refractivity contribution in [1.82, 2.24) is 0 Å². The van der Waals surface area contributed by atoms with Gasteiger partial charge < -0.3 is 5.32 Å². The predicted octanol–water partition coefficient (Wildman–Crippen LogP) is 3.64. The van der Waals surface area contributed by atoms with Crippen LogP contribution in [0.15, 0.2) is 23.1 Å². The number of hydrogen-bond acceptors (Lipinski definition) is 3. The Kier molecular flexibility index (Phi) is 4.87. The third kappa shape index (κ3) is 5.38. The molecule has 106 valence electrons. The Bertz CT molecular complexity index is 591. The summed E-state index contributed by atoms with van der Waals surface area (Å²) in [5.74, 6) is -0.162. The minimum absolute atomic E-state index is 0.0245. The second-order valence-electron chi connectivity index (χ2n) is 5.37. The number of carbonyl (C=O) groups excluding carboxylic acids is 1. The zero-order chi connectivity index (χ0) is 14.8. The lowest BCUT2D eigenvalue weighted by Crippen LogP contribution is -2.19. The summed E-state index contributed by atoms with van der Waals surface area (Å²) >= 11 is 5.82. The number of amides is 1. The fourth-order valence-electron chi connectivity index (χ4n) is 1.46. The van der Waals surface area contributed by atoms with Crippen molar-refractivity contribution in [2.75, 3.05) is 5.32 Å². The second-order valence-corrected chi connectivity index (χ2v) is 8.31. The van der Waals surface area contributed by atoms with Gasteiger partial charge in [-0.15, -0.1) is 0 Å². The van der Waals surface area contributed by atoms with Crippen molar-refractivity contribution in [3.05, 3.63) is 23.2 Å². The Balaban J connectivity index is 2.89. The molecule has 0 saturated carbocycles. The minimum Gasteiger partial charge on any atom is -0.326 e. The largest absolute Gasteiger partial charge is 0.326 e. The molecule has 0 saturated heterocycles. The van der Waals surface area contributed by atoms with Gasteiger partial charge >= 0.3 is 0 Å². The number of benzene rings is 1. The van der Waals surface area contributed by atoms with Gasteiger partial charge in [0.2, 0.25) is 5.91 Å². The van der Waals surface area contributed by atoms with E-state index in [0.717, 1.165) is 0 Å². The van der Waals surface area contributed by atoms with Gasteiger partial charge in [-0.3, -0.25) is 4.79 Å². The molecule has 4 nitrogen and oxygen atoms in total. The Morgan fingerprint density at radius 2 is 1.89 bits per heavy atom. The van der Waals surface area contributed by atoms with E-state index in [0.29, 0.717) is 12.1 Å². The van der Waals surface area contributed by atoms with Crippen LogP contribution in [0.4, 0.5) is 5.69 Å². The zero-order valence-electron chi connectivity index (χ0n) is 10.8. The summed E-state index contributed by atoms with van der Waals surface area (Å²) in [6, 6.07) is 4.07.